The molecule has 4 rings (SSSR count). The van der Waals surface area contributed by atoms with E-state index in [1.165, 1.54) is 17.0 Å². The molecule has 3 aliphatic rings. The minimum absolute atomic E-state index is 0.156. The smallest absolute Gasteiger partial charge is 0.238 e. The Labute approximate surface area is 136 Å². The summed E-state index contributed by atoms with van der Waals surface area (Å²) in [6.07, 6.45) is 5.02. The zero-order chi connectivity index (χ0) is 14.9. The number of anilines is 1. The Morgan fingerprint density at radius 1 is 0.905 bits per heavy atom. The average Bonchev–Trinajstić information content (AvgIpc) is 3.10. The topological polar surface area (TPSA) is 37.4 Å². The normalized spacial score (nSPS) is 33.2. The summed E-state index contributed by atoms with van der Waals surface area (Å²) in [6, 6.07) is 3.03. The monoisotopic (exact) mass is 341 g/mol. The molecule has 2 aliphatic carbocycles. The zero-order valence-corrected chi connectivity index (χ0v) is 13.0. The molecule has 0 spiro atoms. The van der Waals surface area contributed by atoms with E-state index in [1.54, 1.807) is 0 Å². The van der Waals surface area contributed by atoms with Gasteiger partial charge in [-0.3, -0.25) is 9.59 Å². The largest absolute Gasteiger partial charge is 0.274 e. The standard InChI is InChI=1S/C15H10Cl3NO2/c16-9-4-8(5-10(17)13(9)18)19-14(20)11-6-1-2-7(3-6)12(11)15(19)21/h1-2,4-7,11-12H,3H2/t6-,7+,11+,12-. The van der Waals surface area contributed by atoms with E-state index in [0.29, 0.717) is 5.69 Å². The molecule has 0 N–H and O–H groups in total. The van der Waals surface area contributed by atoms with Gasteiger partial charge < -0.3 is 0 Å². The van der Waals surface area contributed by atoms with Gasteiger partial charge in [0.15, 0.2) is 0 Å². The van der Waals surface area contributed by atoms with Gasteiger partial charge in [-0.05, 0) is 30.4 Å². The summed E-state index contributed by atoms with van der Waals surface area (Å²) in [5, 5.41) is 0.693. The molecular weight excluding hydrogens is 333 g/mol. The van der Waals surface area contributed by atoms with Crippen molar-refractivity contribution in [2.45, 2.75) is 6.42 Å². The van der Waals surface area contributed by atoms with Gasteiger partial charge in [-0.25, -0.2) is 4.90 Å². The van der Waals surface area contributed by atoms with Crippen LogP contribution in [0, 0.1) is 23.7 Å². The number of carbonyl (C=O) groups is 2. The second kappa shape index (κ2) is 4.48. The van der Waals surface area contributed by atoms with Gasteiger partial charge in [0, 0.05) is 0 Å². The lowest BCUT2D eigenvalue weighted by molar-refractivity contribution is -0.123. The number of nitrogens with zero attached hydrogens (tertiary/aromatic N) is 1. The minimum Gasteiger partial charge on any atom is -0.274 e. The lowest BCUT2D eigenvalue weighted by Crippen LogP contribution is -2.32. The molecule has 1 heterocycles. The zero-order valence-electron chi connectivity index (χ0n) is 10.7. The van der Waals surface area contributed by atoms with Crippen LogP contribution >= 0.6 is 34.8 Å². The number of imide groups is 1. The molecule has 108 valence electrons. The number of carbonyl (C=O) groups excluding carboxylic acids is 2. The maximum absolute atomic E-state index is 12.6. The van der Waals surface area contributed by atoms with Gasteiger partial charge >= 0.3 is 0 Å². The number of rotatable bonds is 1. The molecule has 2 bridgehead atoms. The van der Waals surface area contributed by atoms with E-state index < -0.39 is 0 Å². The Bertz CT molecular complexity index is 662. The molecule has 1 saturated carbocycles. The number of benzene rings is 1. The second-order valence-corrected chi connectivity index (χ2v) is 6.93. The number of halogens is 3. The van der Waals surface area contributed by atoms with Crippen LogP contribution in [0.1, 0.15) is 6.42 Å². The lowest BCUT2D eigenvalue weighted by Gasteiger charge is -2.18. The van der Waals surface area contributed by atoms with E-state index in [9.17, 15) is 9.59 Å². The average molecular weight is 343 g/mol. The fraction of sp³-hybridized carbons (Fsp3) is 0.333. The Morgan fingerprint density at radius 2 is 1.38 bits per heavy atom. The quantitative estimate of drug-likeness (QED) is 0.440. The van der Waals surface area contributed by atoms with E-state index in [4.69, 9.17) is 34.8 Å². The number of fused-ring (bicyclic) bond motifs is 5. The van der Waals surface area contributed by atoms with Crippen LogP contribution in [0.2, 0.25) is 15.1 Å². The van der Waals surface area contributed by atoms with E-state index in [1.807, 2.05) is 0 Å². The van der Waals surface area contributed by atoms with Gasteiger partial charge in [-0.15, -0.1) is 0 Å². The van der Waals surface area contributed by atoms with Gasteiger partial charge in [0.05, 0.1) is 32.6 Å². The first kappa shape index (κ1) is 13.6. The van der Waals surface area contributed by atoms with Crippen LogP contribution in [0.4, 0.5) is 5.69 Å². The summed E-state index contributed by atoms with van der Waals surface area (Å²) in [5.74, 6) is -0.423. The van der Waals surface area contributed by atoms with Crippen LogP contribution in [-0.4, -0.2) is 11.8 Å². The van der Waals surface area contributed by atoms with Crippen molar-refractivity contribution in [2.75, 3.05) is 4.90 Å². The summed E-state index contributed by atoms with van der Waals surface area (Å²) < 4.78 is 0. The predicted octanol–water partition coefficient (Wildman–Crippen LogP) is 3.96. The third kappa shape index (κ3) is 1.74. The summed E-state index contributed by atoms with van der Waals surface area (Å²) in [4.78, 5) is 26.5. The highest BCUT2D eigenvalue weighted by atomic mass is 35.5. The van der Waals surface area contributed by atoms with E-state index in [-0.39, 0.29) is 50.6 Å². The van der Waals surface area contributed by atoms with E-state index in [2.05, 4.69) is 12.2 Å². The third-order valence-electron chi connectivity index (χ3n) is 4.70. The fourth-order valence-corrected chi connectivity index (χ4v) is 4.41. The Balaban J connectivity index is 1.78. The molecule has 2 fully saturated rings. The van der Waals surface area contributed by atoms with Crippen molar-refractivity contribution in [1.29, 1.82) is 0 Å². The SMILES string of the molecule is O=C1[C@@H]2[C@H](C(=O)N1c1cc(Cl)c(Cl)c(Cl)c1)[C@H]1C=C[C@@H]2C1. The maximum Gasteiger partial charge on any atom is 0.238 e. The fourth-order valence-electron chi connectivity index (χ4n) is 3.83. The molecular formula is C15H10Cl3NO2. The summed E-state index contributed by atoms with van der Waals surface area (Å²) in [6.45, 7) is 0. The molecule has 6 heteroatoms. The Hall–Kier alpha value is -1.03. The molecule has 1 aliphatic heterocycles. The highest BCUT2D eigenvalue weighted by Gasteiger charge is 2.59. The first-order valence-corrected chi connectivity index (χ1v) is 7.83. The van der Waals surface area contributed by atoms with Gasteiger partial charge in [-0.1, -0.05) is 47.0 Å². The van der Waals surface area contributed by atoms with Crippen LogP contribution in [0.25, 0.3) is 0 Å². The van der Waals surface area contributed by atoms with Crippen molar-refractivity contribution < 1.29 is 9.59 Å². The van der Waals surface area contributed by atoms with Gasteiger partial charge in [0.1, 0.15) is 0 Å². The van der Waals surface area contributed by atoms with Crippen molar-refractivity contribution in [3.63, 3.8) is 0 Å². The molecule has 3 nitrogen and oxygen atoms in total. The van der Waals surface area contributed by atoms with Crippen molar-refractivity contribution in [3.8, 4) is 0 Å². The van der Waals surface area contributed by atoms with Crippen molar-refractivity contribution in [2.24, 2.45) is 23.7 Å². The van der Waals surface area contributed by atoms with Crippen LogP contribution in [0.15, 0.2) is 24.3 Å². The second-order valence-electron chi connectivity index (χ2n) is 5.74. The van der Waals surface area contributed by atoms with Gasteiger partial charge in [-0.2, -0.15) is 0 Å². The van der Waals surface area contributed by atoms with Gasteiger partial charge in [0.2, 0.25) is 11.8 Å². The first-order valence-electron chi connectivity index (χ1n) is 6.69. The van der Waals surface area contributed by atoms with Crippen LogP contribution < -0.4 is 4.90 Å². The summed E-state index contributed by atoms with van der Waals surface area (Å²) >= 11 is 17.9. The molecule has 0 aromatic heterocycles. The third-order valence-corrected chi connectivity index (χ3v) is 5.89. The highest BCUT2D eigenvalue weighted by molar-refractivity contribution is 6.48. The van der Waals surface area contributed by atoms with E-state index in [0.717, 1.165) is 6.42 Å². The van der Waals surface area contributed by atoms with Crippen LogP contribution in [0.3, 0.4) is 0 Å². The number of hydrogen-bond donors (Lipinski definition) is 0. The molecule has 1 aromatic carbocycles. The number of hydrogen-bond acceptors (Lipinski definition) is 2. The summed E-state index contributed by atoms with van der Waals surface area (Å²) in [5.41, 5.74) is 0.401. The Morgan fingerprint density at radius 3 is 1.86 bits per heavy atom. The molecule has 2 amide bonds. The summed E-state index contributed by atoms with van der Waals surface area (Å²) in [7, 11) is 0. The molecule has 4 atom stereocenters. The van der Waals surface area contributed by atoms with Gasteiger partial charge in [0.25, 0.3) is 0 Å². The predicted molar refractivity (Wildman–Crippen MR) is 81.7 cm³/mol. The van der Waals surface area contributed by atoms with E-state index >= 15 is 0 Å². The minimum atomic E-state index is -0.235. The van der Waals surface area contributed by atoms with Crippen molar-refractivity contribution in [3.05, 3.63) is 39.4 Å². The van der Waals surface area contributed by atoms with Crippen molar-refractivity contribution >= 4 is 52.3 Å². The molecule has 1 aromatic rings. The van der Waals surface area contributed by atoms with Crippen LogP contribution in [-0.2, 0) is 9.59 Å². The Kier molecular flexibility index (Phi) is 2.91. The molecule has 21 heavy (non-hydrogen) atoms. The molecule has 1 saturated heterocycles. The number of amides is 2. The number of allylic oxidation sites excluding steroid dienone is 2. The highest BCUT2D eigenvalue weighted by Crippen LogP contribution is 2.53. The van der Waals surface area contributed by atoms with Crippen LogP contribution in [0.5, 0.6) is 0 Å². The molecule has 0 unspecified atom stereocenters. The first-order chi connectivity index (χ1) is 9.99. The maximum atomic E-state index is 12.6. The lowest BCUT2D eigenvalue weighted by atomic mass is 9.85. The van der Waals surface area contributed by atoms with Crippen molar-refractivity contribution in [1.82, 2.24) is 0 Å². The molecule has 0 radical (unpaired) electrons.